The SMILES string of the molecule is Cc1cc(Nc2cc(O[C@H]3CCCc4cc(C#[N+]c5cc(-n6ncc7ccc(O)cc76)ccn5)cnc43)ccc2C=N)ccn1. The van der Waals surface area contributed by atoms with E-state index in [0.29, 0.717) is 11.6 Å². The van der Waals surface area contributed by atoms with E-state index in [4.69, 9.17) is 15.1 Å². The standard InChI is InChI=1S/C35H28N8O2/c1-22-13-27(9-11-37-22)42-31-17-30(8-6-25(31)18-36)45-33-4-2-3-24-14-23(20-40-35(24)33)19-39-34-15-28(10-12-38-34)43-32-16-29(44)7-5-26(32)21-41-43/h5-18,20-21,33H,2-4H2,1H3,(H2-,36,37,41,42,44)/p+1/t33-/m0/s1. The van der Waals surface area contributed by atoms with Crippen molar-refractivity contribution in [3.8, 4) is 23.3 Å². The minimum Gasteiger partial charge on any atom is -0.508 e. The summed E-state index contributed by atoms with van der Waals surface area (Å²) in [4.78, 5) is 17.9. The Morgan fingerprint density at radius 3 is 2.82 bits per heavy atom. The molecule has 0 saturated heterocycles. The maximum atomic E-state index is 9.94. The zero-order chi connectivity index (χ0) is 30.8. The second kappa shape index (κ2) is 11.9. The molecule has 220 valence electrons. The molecule has 10 nitrogen and oxygen atoms in total. The number of ether oxygens (including phenoxy) is 1. The number of hydrogen-bond acceptors (Lipinski definition) is 8. The quantitative estimate of drug-likeness (QED) is 0.171. The third kappa shape index (κ3) is 5.92. The molecule has 0 spiro atoms. The van der Waals surface area contributed by atoms with E-state index in [1.807, 2.05) is 55.5 Å². The highest BCUT2D eigenvalue weighted by Crippen LogP contribution is 2.35. The zero-order valence-electron chi connectivity index (χ0n) is 24.5. The molecule has 1 aliphatic carbocycles. The summed E-state index contributed by atoms with van der Waals surface area (Å²) in [6.07, 6.45) is 10.8. The van der Waals surface area contributed by atoms with Crippen LogP contribution < -0.4 is 10.1 Å². The van der Waals surface area contributed by atoms with Crippen LogP contribution in [0.15, 0.2) is 91.5 Å². The number of phenolic OH excluding ortho intramolecular Hbond substituents is 1. The lowest BCUT2D eigenvalue weighted by molar-refractivity contribution is 0.178. The Morgan fingerprint density at radius 1 is 1.02 bits per heavy atom. The predicted octanol–water partition coefficient (Wildman–Crippen LogP) is 7.43. The molecule has 0 amide bonds. The van der Waals surface area contributed by atoms with Gasteiger partial charge < -0.3 is 20.6 Å². The van der Waals surface area contributed by atoms with Crippen LogP contribution in [-0.2, 0) is 6.42 Å². The van der Waals surface area contributed by atoms with Crippen molar-refractivity contribution in [1.82, 2.24) is 24.7 Å². The van der Waals surface area contributed by atoms with Gasteiger partial charge in [0.2, 0.25) is 0 Å². The molecule has 1 atom stereocenters. The molecule has 3 N–H and O–H groups in total. The van der Waals surface area contributed by atoms with Gasteiger partial charge in [-0.15, -0.1) is 4.85 Å². The number of hydrogen-bond donors (Lipinski definition) is 3. The minimum absolute atomic E-state index is 0.177. The summed E-state index contributed by atoms with van der Waals surface area (Å²) >= 11 is 0. The van der Waals surface area contributed by atoms with Crippen molar-refractivity contribution in [2.24, 2.45) is 0 Å². The van der Waals surface area contributed by atoms with Crippen LogP contribution in [0.4, 0.5) is 17.2 Å². The number of benzene rings is 2. The first-order valence-corrected chi connectivity index (χ1v) is 14.6. The van der Waals surface area contributed by atoms with E-state index >= 15 is 0 Å². The highest BCUT2D eigenvalue weighted by atomic mass is 16.5. The minimum atomic E-state index is -0.191. The van der Waals surface area contributed by atoms with Crippen molar-refractivity contribution in [2.75, 3.05) is 5.32 Å². The van der Waals surface area contributed by atoms with Gasteiger partial charge in [-0.2, -0.15) is 5.10 Å². The van der Waals surface area contributed by atoms with Crippen molar-refractivity contribution in [3.63, 3.8) is 0 Å². The highest BCUT2D eigenvalue weighted by Gasteiger charge is 2.24. The first-order chi connectivity index (χ1) is 22.0. The lowest BCUT2D eigenvalue weighted by Crippen LogP contribution is -2.17. The van der Waals surface area contributed by atoms with Gasteiger partial charge in [0.1, 0.15) is 23.8 Å². The van der Waals surface area contributed by atoms with E-state index in [2.05, 4.69) is 37.4 Å². The first-order valence-electron chi connectivity index (χ1n) is 14.6. The largest absolute Gasteiger partial charge is 0.508 e. The predicted molar refractivity (Wildman–Crippen MR) is 174 cm³/mol. The van der Waals surface area contributed by atoms with E-state index in [0.717, 1.165) is 75.3 Å². The molecular weight excluding hydrogens is 564 g/mol. The zero-order valence-corrected chi connectivity index (χ0v) is 24.5. The van der Waals surface area contributed by atoms with Crippen LogP contribution >= 0.6 is 0 Å². The average molecular weight is 594 g/mol. The topological polar surface area (TPSA) is 126 Å². The Bertz CT molecular complexity index is 2130. The molecule has 4 aromatic heterocycles. The maximum Gasteiger partial charge on any atom is 0.428 e. The fourth-order valence-electron chi connectivity index (χ4n) is 5.52. The maximum absolute atomic E-state index is 9.94. The number of fused-ring (bicyclic) bond motifs is 2. The second-order valence-corrected chi connectivity index (χ2v) is 10.9. The molecule has 0 bridgehead atoms. The van der Waals surface area contributed by atoms with Gasteiger partial charge in [0, 0.05) is 59.1 Å². The molecule has 1 aliphatic rings. The molecule has 0 saturated carbocycles. The molecule has 0 fully saturated rings. The molecule has 7 rings (SSSR count). The molecule has 0 unspecified atom stereocenters. The van der Waals surface area contributed by atoms with Crippen molar-refractivity contribution in [3.05, 3.63) is 124 Å². The van der Waals surface area contributed by atoms with Crippen molar-refractivity contribution in [1.29, 1.82) is 5.41 Å². The van der Waals surface area contributed by atoms with Crippen LogP contribution in [0.25, 0.3) is 21.4 Å². The average Bonchev–Trinajstić information content (AvgIpc) is 3.47. The summed E-state index contributed by atoms with van der Waals surface area (Å²) in [5.41, 5.74) is 7.69. The van der Waals surface area contributed by atoms with Crippen molar-refractivity contribution < 1.29 is 9.84 Å². The summed E-state index contributed by atoms with van der Waals surface area (Å²) in [7, 11) is 0. The van der Waals surface area contributed by atoms with Gasteiger partial charge in [0.25, 0.3) is 0 Å². The fourth-order valence-corrected chi connectivity index (χ4v) is 5.52. The monoisotopic (exact) mass is 593 g/mol. The summed E-state index contributed by atoms with van der Waals surface area (Å²) in [6, 6.07) is 23.5. The molecule has 0 radical (unpaired) electrons. The Morgan fingerprint density at radius 2 is 1.93 bits per heavy atom. The van der Waals surface area contributed by atoms with Gasteiger partial charge in [-0.3, -0.25) is 9.97 Å². The normalized spacial score (nSPS) is 13.8. The molecular formula is C35H29N8O2+. The summed E-state index contributed by atoms with van der Waals surface area (Å²) < 4.78 is 8.22. The third-order valence-corrected chi connectivity index (χ3v) is 7.68. The fraction of sp³-hybridized carbons (Fsp3) is 0.143. The third-order valence-electron chi connectivity index (χ3n) is 7.68. The lowest BCUT2D eigenvalue weighted by Gasteiger charge is -2.25. The van der Waals surface area contributed by atoms with Crippen LogP contribution in [0.3, 0.4) is 0 Å². The van der Waals surface area contributed by atoms with Gasteiger partial charge in [0.15, 0.2) is 6.07 Å². The highest BCUT2D eigenvalue weighted by molar-refractivity contribution is 5.88. The Hall–Kier alpha value is -6.08. The number of anilines is 2. The van der Waals surface area contributed by atoms with Crippen LogP contribution in [0.2, 0.25) is 0 Å². The van der Waals surface area contributed by atoms with Crippen LogP contribution in [0.1, 0.15) is 47.0 Å². The van der Waals surface area contributed by atoms with Crippen LogP contribution in [0, 0.1) is 18.4 Å². The van der Waals surface area contributed by atoms with Crippen LogP contribution in [-0.4, -0.2) is 36.1 Å². The Kier molecular flexibility index (Phi) is 7.33. The Balaban J connectivity index is 1.10. The summed E-state index contributed by atoms with van der Waals surface area (Å²) in [6.45, 7) is 1.94. The van der Waals surface area contributed by atoms with E-state index in [1.165, 1.54) is 6.21 Å². The summed E-state index contributed by atoms with van der Waals surface area (Å²) in [5.74, 6) is 1.36. The lowest BCUT2D eigenvalue weighted by atomic mass is 9.93. The van der Waals surface area contributed by atoms with Gasteiger partial charge in [-0.05, 0) is 79.2 Å². The second-order valence-electron chi connectivity index (χ2n) is 10.9. The van der Waals surface area contributed by atoms with E-state index in [9.17, 15) is 5.11 Å². The van der Waals surface area contributed by atoms with E-state index in [-0.39, 0.29) is 11.9 Å². The number of phenols is 1. The number of nitrogens with zero attached hydrogens (tertiary/aromatic N) is 6. The molecule has 0 aliphatic heterocycles. The first kappa shape index (κ1) is 27.7. The van der Waals surface area contributed by atoms with Gasteiger partial charge in [-0.1, -0.05) is 0 Å². The molecule has 45 heavy (non-hydrogen) atoms. The van der Waals surface area contributed by atoms with Crippen molar-refractivity contribution >= 4 is 34.3 Å². The van der Waals surface area contributed by atoms with E-state index < -0.39 is 0 Å². The molecule has 6 aromatic rings. The van der Waals surface area contributed by atoms with Gasteiger partial charge in [-0.25, -0.2) is 4.68 Å². The Labute approximate surface area is 259 Å². The van der Waals surface area contributed by atoms with E-state index in [1.54, 1.807) is 41.6 Å². The number of aromatic hydroxyl groups is 1. The summed E-state index contributed by atoms with van der Waals surface area (Å²) in [5, 5.41) is 26.6. The van der Waals surface area contributed by atoms with Gasteiger partial charge >= 0.3 is 5.82 Å². The number of aromatic nitrogens is 5. The number of pyridine rings is 3. The molecule has 4 heterocycles. The smallest absolute Gasteiger partial charge is 0.428 e. The number of rotatable bonds is 6. The number of nitrogens with one attached hydrogen (secondary N) is 2. The molecule has 10 heteroatoms. The molecule has 2 aromatic carbocycles. The van der Waals surface area contributed by atoms with Gasteiger partial charge in [0.05, 0.1) is 40.4 Å². The number of aryl methyl sites for hydroxylation is 2. The van der Waals surface area contributed by atoms with Crippen molar-refractivity contribution in [2.45, 2.75) is 32.3 Å². The van der Waals surface area contributed by atoms with Crippen LogP contribution in [0.5, 0.6) is 11.5 Å².